The van der Waals surface area contributed by atoms with E-state index in [0.717, 1.165) is 28.7 Å². The van der Waals surface area contributed by atoms with Crippen LogP contribution in [0.3, 0.4) is 0 Å². The normalized spacial score (nSPS) is 11.2. The molecule has 0 aliphatic rings. The molecule has 2 N–H and O–H groups in total. The lowest BCUT2D eigenvalue weighted by molar-refractivity contribution is -0.118. The number of hydrogen-bond acceptors (Lipinski definition) is 3. The fourth-order valence-electron chi connectivity index (χ4n) is 4.00. The van der Waals surface area contributed by atoms with Gasteiger partial charge in [-0.2, -0.15) is 0 Å². The maximum atomic E-state index is 12.9. The van der Waals surface area contributed by atoms with E-state index in [0.29, 0.717) is 12.3 Å². The molecule has 0 aliphatic heterocycles. The van der Waals surface area contributed by atoms with Crippen LogP contribution >= 0.6 is 11.8 Å². The zero-order valence-electron chi connectivity index (χ0n) is 18.4. The summed E-state index contributed by atoms with van der Waals surface area (Å²) in [5.41, 5.74) is 4.51. The molecule has 1 amide bonds. The van der Waals surface area contributed by atoms with E-state index in [1.54, 1.807) is 23.9 Å². The van der Waals surface area contributed by atoms with Gasteiger partial charge in [-0.25, -0.2) is 0 Å². The third kappa shape index (κ3) is 5.47. The molecule has 4 aromatic carbocycles. The summed E-state index contributed by atoms with van der Waals surface area (Å²) in [5, 5.41) is 12.5. The van der Waals surface area contributed by atoms with Gasteiger partial charge in [-0.1, -0.05) is 103 Å². The van der Waals surface area contributed by atoms with Crippen LogP contribution in [0.15, 0.2) is 115 Å². The van der Waals surface area contributed by atoms with Crippen LogP contribution in [0, 0.1) is 0 Å². The average Bonchev–Trinajstić information content (AvgIpc) is 2.88. The number of amides is 1. The maximum Gasteiger partial charge on any atom is 0.230 e. The average molecular weight is 454 g/mol. The molecule has 0 radical (unpaired) electrons. The molecule has 0 fully saturated rings. The molecule has 0 atom stereocenters. The third-order valence-corrected chi connectivity index (χ3v) is 7.18. The van der Waals surface area contributed by atoms with Gasteiger partial charge in [0.2, 0.25) is 5.91 Å². The van der Waals surface area contributed by atoms with Crippen LogP contribution < -0.4 is 5.32 Å². The SMILES string of the molecule is O=C(CSC(c1ccccc1)(c1ccccc1)c1ccccc1)NCCc1ccc(O)cc1. The molecule has 3 nitrogen and oxygen atoms in total. The van der Waals surface area contributed by atoms with Gasteiger partial charge in [-0.05, 0) is 40.8 Å². The van der Waals surface area contributed by atoms with Gasteiger partial charge < -0.3 is 10.4 Å². The second kappa shape index (κ2) is 10.9. The number of carbonyl (C=O) groups is 1. The van der Waals surface area contributed by atoms with Gasteiger partial charge in [0, 0.05) is 6.54 Å². The van der Waals surface area contributed by atoms with Gasteiger partial charge >= 0.3 is 0 Å². The Labute approximate surface area is 199 Å². The molecule has 4 heteroatoms. The number of rotatable bonds is 9. The number of benzene rings is 4. The first kappa shape index (κ1) is 22.7. The Kier molecular flexibility index (Phi) is 7.48. The summed E-state index contributed by atoms with van der Waals surface area (Å²) in [5.74, 6) is 0.582. The van der Waals surface area contributed by atoms with Crippen LogP contribution in [0.4, 0.5) is 0 Å². The molecule has 0 bridgehead atoms. The van der Waals surface area contributed by atoms with Crippen molar-refractivity contribution < 1.29 is 9.90 Å². The zero-order chi connectivity index (χ0) is 22.9. The Balaban J connectivity index is 1.56. The van der Waals surface area contributed by atoms with Crippen molar-refractivity contribution >= 4 is 17.7 Å². The lowest BCUT2D eigenvalue weighted by atomic mass is 9.84. The fraction of sp³-hybridized carbons (Fsp3) is 0.138. The van der Waals surface area contributed by atoms with Crippen LogP contribution in [-0.2, 0) is 16.0 Å². The summed E-state index contributed by atoms with van der Waals surface area (Å²) in [6.45, 7) is 0.555. The van der Waals surface area contributed by atoms with E-state index in [2.05, 4.69) is 41.7 Å². The predicted octanol–water partition coefficient (Wildman–Crippen LogP) is 5.78. The first-order valence-corrected chi connectivity index (χ1v) is 12.0. The van der Waals surface area contributed by atoms with Gasteiger partial charge in [0.1, 0.15) is 5.75 Å². The lowest BCUT2D eigenvalue weighted by Gasteiger charge is -2.35. The molecular weight excluding hydrogens is 426 g/mol. The topological polar surface area (TPSA) is 49.3 Å². The largest absolute Gasteiger partial charge is 0.508 e. The summed E-state index contributed by atoms with van der Waals surface area (Å²) in [6, 6.07) is 38.3. The molecule has 0 unspecified atom stereocenters. The quantitative estimate of drug-likeness (QED) is 0.316. The number of thioether (sulfide) groups is 1. The number of carbonyl (C=O) groups excluding carboxylic acids is 1. The summed E-state index contributed by atoms with van der Waals surface area (Å²) in [6.07, 6.45) is 0.720. The Morgan fingerprint density at radius 1 is 0.697 bits per heavy atom. The van der Waals surface area contributed by atoms with Crippen LogP contribution in [0.25, 0.3) is 0 Å². The Bertz CT molecular complexity index is 1050. The van der Waals surface area contributed by atoms with Crippen LogP contribution in [0.5, 0.6) is 5.75 Å². The van der Waals surface area contributed by atoms with Crippen molar-refractivity contribution in [2.75, 3.05) is 12.3 Å². The number of phenols is 1. The molecule has 0 aromatic heterocycles. The van der Waals surface area contributed by atoms with E-state index >= 15 is 0 Å². The van der Waals surface area contributed by atoms with Gasteiger partial charge in [0.15, 0.2) is 0 Å². The standard InChI is InChI=1S/C29H27NO2S/c31-27-18-16-23(17-19-27)20-21-30-28(32)22-33-29(24-10-4-1-5-11-24,25-12-6-2-7-13-25)26-14-8-3-9-15-26/h1-19,31H,20-22H2,(H,30,32). The molecule has 0 aliphatic carbocycles. The van der Waals surface area contributed by atoms with E-state index in [1.807, 2.05) is 66.7 Å². The Morgan fingerprint density at radius 3 is 1.61 bits per heavy atom. The highest BCUT2D eigenvalue weighted by Gasteiger charge is 2.37. The molecule has 0 spiro atoms. The molecule has 166 valence electrons. The second-order valence-corrected chi connectivity index (χ2v) is 9.02. The first-order chi connectivity index (χ1) is 16.2. The summed E-state index contributed by atoms with van der Waals surface area (Å²) < 4.78 is -0.502. The maximum absolute atomic E-state index is 12.9. The van der Waals surface area contributed by atoms with E-state index in [-0.39, 0.29) is 11.7 Å². The molecule has 0 heterocycles. The lowest BCUT2D eigenvalue weighted by Crippen LogP contribution is -2.32. The Morgan fingerprint density at radius 2 is 1.15 bits per heavy atom. The minimum absolute atomic E-state index is 0.00551. The smallest absolute Gasteiger partial charge is 0.230 e. The van der Waals surface area contributed by atoms with Crippen LogP contribution in [0.1, 0.15) is 22.3 Å². The zero-order valence-corrected chi connectivity index (χ0v) is 19.2. The van der Waals surface area contributed by atoms with E-state index in [4.69, 9.17) is 0 Å². The number of hydrogen-bond donors (Lipinski definition) is 2. The van der Waals surface area contributed by atoms with E-state index < -0.39 is 4.75 Å². The highest BCUT2D eigenvalue weighted by Crippen LogP contribution is 2.48. The summed E-state index contributed by atoms with van der Waals surface area (Å²) in [7, 11) is 0. The highest BCUT2D eigenvalue weighted by molar-refractivity contribution is 8.01. The van der Waals surface area contributed by atoms with Crippen molar-refractivity contribution in [3.63, 3.8) is 0 Å². The monoisotopic (exact) mass is 453 g/mol. The fourth-order valence-corrected chi connectivity index (χ4v) is 5.36. The highest BCUT2D eigenvalue weighted by atomic mass is 32.2. The second-order valence-electron chi connectivity index (χ2n) is 7.83. The van der Waals surface area contributed by atoms with Crippen LogP contribution in [0.2, 0.25) is 0 Å². The van der Waals surface area contributed by atoms with Gasteiger partial charge in [0.05, 0.1) is 10.5 Å². The number of aromatic hydroxyl groups is 1. The van der Waals surface area contributed by atoms with Crippen molar-refractivity contribution in [3.8, 4) is 5.75 Å². The minimum Gasteiger partial charge on any atom is -0.508 e. The van der Waals surface area contributed by atoms with Gasteiger partial charge in [-0.15, -0.1) is 11.8 Å². The van der Waals surface area contributed by atoms with Crippen molar-refractivity contribution in [2.45, 2.75) is 11.2 Å². The van der Waals surface area contributed by atoms with E-state index in [9.17, 15) is 9.90 Å². The summed E-state index contributed by atoms with van der Waals surface area (Å²) in [4.78, 5) is 12.9. The summed E-state index contributed by atoms with van der Waals surface area (Å²) >= 11 is 1.64. The van der Waals surface area contributed by atoms with Crippen molar-refractivity contribution in [2.24, 2.45) is 0 Å². The predicted molar refractivity (Wildman–Crippen MR) is 136 cm³/mol. The van der Waals surface area contributed by atoms with E-state index in [1.165, 1.54) is 0 Å². The number of nitrogens with one attached hydrogen (secondary N) is 1. The number of phenolic OH excluding ortho intramolecular Hbond substituents is 1. The molecule has 0 saturated carbocycles. The van der Waals surface area contributed by atoms with Gasteiger partial charge in [-0.3, -0.25) is 4.79 Å². The van der Waals surface area contributed by atoms with Crippen molar-refractivity contribution in [1.29, 1.82) is 0 Å². The van der Waals surface area contributed by atoms with Crippen molar-refractivity contribution in [3.05, 3.63) is 138 Å². The van der Waals surface area contributed by atoms with Gasteiger partial charge in [0.25, 0.3) is 0 Å². The molecular formula is C29H27NO2S. The third-order valence-electron chi connectivity index (χ3n) is 5.63. The molecule has 33 heavy (non-hydrogen) atoms. The van der Waals surface area contributed by atoms with Crippen molar-refractivity contribution in [1.82, 2.24) is 5.32 Å². The molecule has 4 rings (SSSR count). The molecule has 0 saturated heterocycles. The molecule has 4 aromatic rings. The minimum atomic E-state index is -0.502. The van der Waals surface area contributed by atoms with Crippen LogP contribution in [-0.4, -0.2) is 23.3 Å². The Hall–Kier alpha value is -3.50. The first-order valence-electron chi connectivity index (χ1n) is 11.0.